The second-order valence-corrected chi connectivity index (χ2v) is 4.74. The summed E-state index contributed by atoms with van der Waals surface area (Å²) < 4.78 is 19.5. The molecule has 0 aliphatic heterocycles. The zero-order valence-electron chi connectivity index (χ0n) is 11.3. The van der Waals surface area contributed by atoms with Crippen molar-refractivity contribution in [3.05, 3.63) is 58.9 Å². The van der Waals surface area contributed by atoms with Gasteiger partial charge >= 0.3 is 0 Å². The van der Waals surface area contributed by atoms with Crippen LogP contribution in [0.2, 0.25) is 0 Å². The largest absolute Gasteiger partial charge is 0.454 e. The molecule has 0 amide bonds. The average molecular weight is 260 g/mol. The third-order valence-corrected chi connectivity index (χ3v) is 3.00. The van der Waals surface area contributed by atoms with Crippen molar-refractivity contribution in [2.75, 3.05) is 0 Å². The van der Waals surface area contributed by atoms with Gasteiger partial charge in [0.15, 0.2) is 11.6 Å². The SMILES string of the molecule is Cc1ccc(C)c(Oc2ccc([C@@H](C)O)cc2F)c1. The number of aryl methyl sites for hydroxylation is 2. The highest BCUT2D eigenvalue weighted by Gasteiger charge is 2.10. The molecule has 1 N–H and O–H groups in total. The Bertz CT molecular complexity index is 591. The molecule has 2 aromatic rings. The minimum absolute atomic E-state index is 0.165. The first-order valence-corrected chi connectivity index (χ1v) is 6.20. The number of halogens is 1. The van der Waals surface area contributed by atoms with Crippen LogP contribution in [-0.2, 0) is 0 Å². The lowest BCUT2D eigenvalue weighted by Gasteiger charge is -2.12. The third kappa shape index (κ3) is 3.12. The molecule has 1 atom stereocenters. The van der Waals surface area contributed by atoms with Crippen LogP contribution >= 0.6 is 0 Å². The fourth-order valence-corrected chi connectivity index (χ4v) is 1.80. The molecule has 0 radical (unpaired) electrons. The summed E-state index contributed by atoms with van der Waals surface area (Å²) in [5, 5.41) is 9.40. The summed E-state index contributed by atoms with van der Waals surface area (Å²) in [5.41, 5.74) is 2.54. The molecule has 0 bridgehead atoms. The van der Waals surface area contributed by atoms with Gasteiger partial charge in [0.2, 0.25) is 0 Å². The Hall–Kier alpha value is -1.87. The molecule has 0 spiro atoms. The normalized spacial score (nSPS) is 12.3. The van der Waals surface area contributed by atoms with Gasteiger partial charge in [0, 0.05) is 0 Å². The fraction of sp³-hybridized carbons (Fsp3) is 0.250. The number of aliphatic hydroxyl groups is 1. The summed E-state index contributed by atoms with van der Waals surface area (Å²) in [6.07, 6.45) is -0.691. The van der Waals surface area contributed by atoms with E-state index in [1.165, 1.54) is 6.07 Å². The van der Waals surface area contributed by atoms with Gasteiger partial charge in [0.25, 0.3) is 0 Å². The Balaban J connectivity index is 2.31. The van der Waals surface area contributed by atoms with Crippen LogP contribution in [0.5, 0.6) is 11.5 Å². The second kappa shape index (κ2) is 5.41. The third-order valence-electron chi connectivity index (χ3n) is 3.00. The number of aliphatic hydroxyl groups excluding tert-OH is 1. The monoisotopic (exact) mass is 260 g/mol. The zero-order valence-corrected chi connectivity index (χ0v) is 11.3. The molecule has 0 heterocycles. The number of benzene rings is 2. The van der Waals surface area contributed by atoms with E-state index in [0.717, 1.165) is 11.1 Å². The molecular weight excluding hydrogens is 243 g/mol. The van der Waals surface area contributed by atoms with Crippen LogP contribution in [-0.4, -0.2) is 5.11 Å². The zero-order chi connectivity index (χ0) is 14.0. The van der Waals surface area contributed by atoms with Crippen LogP contribution in [0.3, 0.4) is 0 Å². The minimum atomic E-state index is -0.691. The van der Waals surface area contributed by atoms with Crippen molar-refractivity contribution in [2.45, 2.75) is 26.9 Å². The molecule has 0 aliphatic carbocycles. The first-order valence-electron chi connectivity index (χ1n) is 6.20. The molecule has 0 aliphatic rings. The summed E-state index contributed by atoms with van der Waals surface area (Å²) in [5.74, 6) is 0.334. The molecule has 0 saturated carbocycles. The van der Waals surface area contributed by atoms with Crippen molar-refractivity contribution in [3.8, 4) is 11.5 Å². The Kier molecular flexibility index (Phi) is 3.86. The van der Waals surface area contributed by atoms with Crippen molar-refractivity contribution in [1.82, 2.24) is 0 Å². The van der Waals surface area contributed by atoms with Crippen LogP contribution in [0, 0.1) is 19.7 Å². The van der Waals surface area contributed by atoms with E-state index in [1.54, 1.807) is 19.1 Å². The van der Waals surface area contributed by atoms with E-state index in [4.69, 9.17) is 4.74 Å². The molecule has 2 nitrogen and oxygen atoms in total. The number of hydrogen-bond acceptors (Lipinski definition) is 2. The van der Waals surface area contributed by atoms with Crippen molar-refractivity contribution < 1.29 is 14.2 Å². The van der Waals surface area contributed by atoms with E-state index in [0.29, 0.717) is 11.3 Å². The maximum Gasteiger partial charge on any atom is 0.166 e. The lowest BCUT2D eigenvalue weighted by atomic mass is 10.1. The molecule has 100 valence electrons. The number of ether oxygens (including phenoxy) is 1. The lowest BCUT2D eigenvalue weighted by molar-refractivity contribution is 0.198. The molecule has 0 unspecified atom stereocenters. The summed E-state index contributed by atoms with van der Waals surface area (Å²) in [4.78, 5) is 0. The molecule has 0 aromatic heterocycles. The molecular formula is C16H17FO2. The fourth-order valence-electron chi connectivity index (χ4n) is 1.80. The van der Waals surface area contributed by atoms with Crippen LogP contribution in [0.15, 0.2) is 36.4 Å². The van der Waals surface area contributed by atoms with Gasteiger partial charge < -0.3 is 9.84 Å². The van der Waals surface area contributed by atoms with Gasteiger partial charge in [-0.05, 0) is 55.7 Å². The molecule has 0 fully saturated rings. The first-order chi connectivity index (χ1) is 8.97. The van der Waals surface area contributed by atoms with Gasteiger partial charge in [-0.25, -0.2) is 4.39 Å². The number of hydrogen-bond donors (Lipinski definition) is 1. The Labute approximate surface area is 112 Å². The van der Waals surface area contributed by atoms with E-state index in [1.807, 2.05) is 32.0 Å². The van der Waals surface area contributed by atoms with Crippen LogP contribution in [0.25, 0.3) is 0 Å². The van der Waals surface area contributed by atoms with E-state index in [2.05, 4.69) is 0 Å². The average Bonchev–Trinajstić information content (AvgIpc) is 2.36. The van der Waals surface area contributed by atoms with E-state index in [-0.39, 0.29) is 5.75 Å². The summed E-state index contributed by atoms with van der Waals surface area (Å²) in [6, 6.07) is 10.3. The first kappa shape index (κ1) is 13.6. The predicted octanol–water partition coefficient (Wildman–Crippen LogP) is 4.29. The highest BCUT2D eigenvalue weighted by Crippen LogP contribution is 2.29. The van der Waals surface area contributed by atoms with Gasteiger partial charge in [-0.1, -0.05) is 18.2 Å². The smallest absolute Gasteiger partial charge is 0.166 e. The van der Waals surface area contributed by atoms with Crippen LogP contribution in [0.1, 0.15) is 29.7 Å². The standard InChI is InChI=1S/C16H17FO2/c1-10-4-5-11(2)16(8-10)19-15-7-6-13(12(3)18)9-14(15)17/h4-9,12,18H,1-3H3/t12-/m1/s1. The topological polar surface area (TPSA) is 29.5 Å². The summed E-state index contributed by atoms with van der Waals surface area (Å²) in [7, 11) is 0. The maximum atomic E-state index is 13.9. The Morgan fingerprint density at radius 2 is 1.79 bits per heavy atom. The number of rotatable bonds is 3. The van der Waals surface area contributed by atoms with Gasteiger partial charge in [-0.3, -0.25) is 0 Å². The van der Waals surface area contributed by atoms with Crippen molar-refractivity contribution in [1.29, 1.82) is 0 Å². The molecule has 2 rings (SSSR count). The van der Waals surface area contributed by atoms with Crippen LogP contribution < -0.4 is 4.74 Å². The molecule has 0 saturated heterocycles. The van der Waals surface area contributed by atoms with Gasteiger partial charge in [-0.15, -0.1) is 0 Å². The van der Waals surface area contributed by atoms with Crippen molar-refractivity contribution >= 4 is 0 Å². The summed E-state index contributed by atoms with van der Waals surface area (Å²) >= 11 is 0. The van der Waals surface area contributed by atoms with Gasteiger partial charge in [-0.2, -0.15) is 0 Å². The second-order valence-electron chi connectivity index (χ2n) is 4.74. The van der Waals surface area contributed by atoms with Crippen LogP contribution in [0.4, 0.5) is 4.39 Å². The highest BCUT2D eigenvalue weighted by molar-refractivity contribution is 5.41. The Morgan fingerprint density at radius 1 is 1.05 bits per heavy atom. The molecule has 2 aromatic carbocycles. The van der Waals surface area contributed by atoms with E-state index < -0.39 is 11.9 Å². The van der Waals surface area contributed by atoms with E-state index in [9.17, 15) is 9.50 Å². The lowest BCUT2D eigenvalue weighted by Crippen LogP contribution is -1.95. The summed E-state index contributed by atoms with van der Waals surface area (Å²) in [6.45, 7) is 5.47. The van der Waals surface area contributed by atoms with E-state index >= 15 is 0 Å². The maximum absolute atomic E-state index is 13.9. The molecule has 3 heteroatoms. The minimum Gasteiger partial charge on any atom is -0.454 e. The van der Waals surface area contributed by atoms with Gasteiger partial charge in [0.05, 0.1) is 6.10 Å². The quantitative estimate of drug-likeness (QED) is 0.892. The van der Waals surface area contributed by atoms with Crippen molar-refractivity contribution in [2.24, 2.45) is 0 Å². The Morgan fingerprint density at radius 3 is 2.42 bits per heavy atom. The van der Waals surface area contributed by atoms with Crippen molar-refractivity contribution in [3.63, 3.8) is 0 Å². The molecule has 19 heavy (non-hydrogen) atoms. The predicted molar refractivity (Wildman–Crippen MR) is 73.0 cm³/mol. The van der Waals surface area contributed by atoms with Gasteiger partial charge in [0.1, 0.15) is 5.75 Å². The highest BCUT2D eigenvalue weighted by atomic mass is 19.1.